The van der Waals surface area contributed by atoms with Crippen molar-refractivity contribution in [1.82, 2.24) is 10.3 Å². The largest absolute Gasteiger partial charge is 0.431 e. The molecule has 8 heteroatoms. The molecule has 2 aromatic heterocycles. The summed E-state index contributed by atoms with van der Waals surface area (Å²) >= 11 is 1.31. The molecule has 2 aromatic rings. The van der Waals surface area contributed by atoms with E-state index < -0.39 is 0 Å². The number of nitrogens with one attached hydrogen (secondary N) is 2. The lowest BCUT2D eigenvalue weighted by atomic mass is 10.4. The Hall–Kier alpha value is -2.19. The van der Waals surface area contributed by atoms with Crippen molar-refractivity contribution in [3.63, 3.8) is 0 Å². The van der Waals surface area contributed by atoms with Crippen molar-refractivity contribution in [1.29, 1.82) is 0 Å². The molecule has 0 fully saturated rings. The summed E-state index contributed by atoms with van der Waals surface area (Å²) in [5, 5.41) is 6.96. The molecule has 0 aliphatic heterocycles. The molecule has 0 unspecified atom stereocenters. The minimum Gasteiger partial charge on any atom is -0.431 e. The first kappa shape index (κ1) is 15.2. The average molecular weight is 309 g/mol. The number of carbonyl (C=O) groups excluding carboxylic acids is 2. The molecule has 21 heavy (non-hydrogen) atoms. The van der Waals surface area contributed by atoms with Gasteiger partial charge in [0.25, 0.3) is 11.8 Å². The van der Waals surface area contributed by atoms with Crippen molar-refractivity contribution in [2.45, 2.75) is 6.42 Å². The van der Waals surface area contributed by atoms with Crippen molar-refractivity contribution in [3.8, 4) is 0 Å². The second-order valence-electron chi connectivity index (χ2n) is 4.07. The molecule has 0 saturated heterocycles. The van der Waals surface area contributed by atoms with Gasteiger partial charge in [-0.15, -0.1) is 11.3 Å². The highest BCUT2D eigenvalue weighted by molar-refractivity contribution is 7.12. The predicted molar refractivity (Wildman–Crippen MR) is 77.6 cm³/mol. The number of thiophene rings is 1. The highest BCUT2D eigenvalue weighted by Gasteiger charge is 2.14. The molecule has 2 heterocycles. The van der Waals surface area contributed by atoms with E-state index in [1.54, 1.807) is 24.6 Å². The van der Waals surface area contributed by atoms with E-state index in [1.807, 2.05) is 0 Å². The molecule has 112 valence electrons. The van der Waals surface area contributed by atoms with Crippen LogP contribution in [0.3, 0.4) is 0 Å². The van der Waals surface area contributed by atoms with Crippen LogP contribution in [0.2, 0.25) is 0 Å². The standard InChI is InChI=1S/C13H15N3O4S/c1-19-6-3-5-14-11(17)9-8-20-13(15-9)16-12(18)10-4-2-7-21-10/h2,4,7-8H,3,5-6H2,1H3,(H,14,17)(H,15,16,18). The number of oxazole rings is 1. The van der Waals surface area contributed by atoms with Crippen LogP contribution in [-0.2, 0) is 4.74 Å². The lowest BCUT2D eigenvalue weighted by molar-refractivity contribution is 0.0942. The number of nitrogens with zero attached hydrogens (tertiary/aromatic N) is 1. The van der Waals surface area contributed by atoms with Crippen LogP contribution < -0.4 is 10.6 Å². The van der Waals surface area contributed by atoms with Crippen molar-refractivity contribution in [3.05, 3.63) is 34.3 Å². The van der Waals surface area contributed by atoms with Crippen LogP contribution >= 0.6 is 11.3 Å². The molecule has 7 nitrogen and oxygen atoms in total. The van der Waals surface area contributed by atoms with Gasteiger partial charge in [0.2, 0.25) is 0 Å². The summed E-state index contributed by atoms with van der Waals surface area (Å²) in [6.45, 7) is 1.05. The van der Waals surface area contributed by atoms with Gasteiger partial charge < -0.3 is 14.5 Å². The van der Waals surface area contributed by atoms with E-state index in [-0.39, 0.29) is 23.5 Å². The molecule has 0 radical (unpaired) electrons. The normalized spacial score (nSPS) is 10.3. The lowest BCUT2D eigenvalue weighted by Gasteiger charge is -2.01. The van der Waals surface area contributed by atoms with Gasteiger partial charge >= 0.3 is 6.01 Å². The number of amides is 2. The van der Waals surface area contributed by atoms with Crippen LogP contribution in [0, 0.1) is 0 Å². The second kappa shape index (κ2) is 7.55. The van der Waals surface area contributed by atoms with Gasteiger partial charge in [-0.25, -0.2) is 0 Å². The van der Waals surface area contributed by atoms with Crippen LogP contribution in [0.1, 0.15) is 26.6 Å². The number of aromatic nitrogens is 1. The Morgan fingerprint density at radius 3 is 3.00 bits per heavy atom. The molecule has 2 amide bonds. The zero-order valence-corrected chi connectivity index (χ0v) is 12.2. The smallest absolute Gasteiger partial charge is 0.302 e. The molecule has 0 atom stereocenters. The van der Waals surface area contributed by atoms with E-state index in [4.69, 9.17) is 9.15 Å². The molecule has 0 aliphatic carbocycles. The highest BCUT2D eigenvalue weighted by atomic mass is 32.1. The third-order valence-electron chi connectivity index (χ3n) is 2.51. The van der Waals surface area contributed by atoms with Crippen LogP contribution in [0.4, 0.5) is 6.01 Å². The van der Waals surface area contributed by atoms with E-state index in [9.17, 15) is 9.59 Å². The third-order valence-corrected chi connectivity index (χ3v) is 3.38. The zero-order valence-electron chi connectivity index (χ0n) is 11.4. The molecule has 0 spiro atoms. The fourth-order valence-electron chi connectivity index (χ4n) is 1.51. The number of hydrogen-bond acceptors (Lipinski definition) is 6. The van der Waals surface area contributed by atoms with Gasteiger partial charge in [0.15, 0.2) is 5.69 Å². The maximum absolute atomic E-state index is 11.8. The van der Waals surface area contributed by atoms with Gasteiger partial charge in [0.1, 0.15) is 6.26 Å². The fourth-order valence-corrected chi connectivity index (χ4v) is 2.13. The van der Waals surface area contributed by atoms with E-state index in [1.165, 1.54) is 17.6 Å². The highest BCUT2D eigenvalue weighted by Crippen LogP contribution is 2.13. The Labute approximate surface area is 125 Å². The predicted octanol–water partition coefficient (Wildman–Crippen LogP) is 1.75. The van der Waals surface area contributed by atoms with Gasteiger partial charge in [-0.05, 0) is 17.9 Å². The first-order chi connectivity index (χ1) is 10.2. The summed E-state index contributed by atoms with van der Waals surface area (Å²) in [7, 11) is 1.60. The van der Waals surface area contributed by atoms with Gasteiger partial charge in [0, 0.05) is 20.3 Å². The summed E-state index contributed by atoms with van der Waals surface area (Å²) in [5.41, 5.74) is 0.119. The summed E-state index contributed by atoms with van der Waals surface area (Å²) in [6, 6.07) is 3.45. The molecular formula is C13H15N3O4S. The molecule has 0 aliphatic rings. The summed E-state index contributed by atoms with van der Waals surface area (Å²) in [5.74, 6) is -0.676. The fraction of sp³-hybridized carbons (Fsp3) is 0.308. The first-order valence-electron chi connectivity index (χ1n) is 6.28. The van der Waals surface area contributed by atoms with Crippen LogP contribution in [0.25, 0.3) is 0 Å². The van der Waals surface area contributed by atoms with Gasteiger partial charge in [0.05, 0.1) is 4.88 Å². The van der Waals surface area contributed by atoms with Gasteiger partial charge in [-0.2, -0.15) is 4.98 Å². The zero-order chi connectivity index (χ0) is 15.1. The quantitative estimate of drug-likeness (QED) is 0.760. The minimum atomic E-state index is -0.355. The second-order valence-corrected chi connectivity index (χ2v) is 5.02. The van der Waals surface area contributed by atoms with E-state index in [0.29, 0.717) is 24.4 Å². The molecular weight excluding hydrogens is 294 g/mol. The number of methoxy groups -OCH3 is 1. The Balaban J connectivity index is 1.86. The number of anilines is 1. The van der Waals surface area contributed by atoms with Crippen LogP contribution in [0.5, 0.6) is 0 Å². The Kier molecular flexibility index (Phi) is 5.47. The maximum Gasteiger partial charge on any atom is 0.302 e. The van der Waals surface area contributed by atoms with E-state index >= 15 is 0 Å². The summed E-state index contributed by atoms with van der Waals surface area (Å²) in [4.78, 5) is 28.0. The van der Waals surface area contributed by atoms with Crippen LogP contribution in [-0.4, -0.2) is 37.1 Å². The number of rotatable bonds is 7. The van der Waals surface area contributed by atoms with Crippen molar-refractivity contribution in [2.75, 3.05) is 25.6 Å². The Bertz CT molecular complexity index is 594. The maximum atomic E-state index is 11.8. The number of ether oxygens (including phenoxy) is 1. The Morgan fingerprint density at radius 1 is 1.43 bits per heavy atom. The first-order valence-corrected chi connectivity index (χ1v) is 7.16. The summed E-state index contributed by atoms with van der Waals surface area (Å²) in [6.07, 6.45) is 1.91. The number of carbonyl (C=O) groups is 2. The van der Waals surface area contributed by atoms with Crippen molar-refractivity contribution in [2.24, 2.45) is 0 Å². The molecule has 0 bridgehead atoms. The third kappa shape index (κ3) is 4.40. The topological polar surface area (TPSA) is 93.5 Å². The monoisotopic (exact) mass is 309 g/mol. The molecule has 2 rings (SSSR count). The molecule has 0 aromatic carbocycles. The van der Waals surface area contributed by atoms with Crippen molar-refractivity contribution >= 4 is 29.2 Å². The van der Waals surface area contributed by atoms with Gasteiger partial charge in [-0.3, -0.25) is 14.9 Å². The molecule has 2 N–H and O–H groups in total. The van der Waals surface area contributed by atoms with Crippen LogP contribution in [0.15, 0.2) is 28.2 Å². The Morgan fingerprint density at radius 2 is 2.29 bits per heavy atom. The van der Waals surface area contributed by atoms with E-state index in [2.05, 4.69) is 15.6 Å². The average Bonchev–Trinajstić information content (AvgIpc) is 3.14. The lowest BCUT2D eigenvalue weighted by Crippen LogP contribution is -2.25. The van der Waals surface area contributed by atoms with Crippen molar-refractivity contribution < 1.29 is 18.7 Å². The SMILES string of the molecule is COCCCNC(=O)c1coc(NC(=O)c2cccs2)n1. The van der Waals surface area contributed by atoms with E-state index in [0.717, 1.165) is 0 Å². The van der Waals surface area contributed by atoms with Gasteiger partial charge in [-0.1, -0.05) is 6.07 Å². The number of hydrogen-bond donors (Lipinski definition) is 2. The molecule has 0 saturated carbocycles. The minimum absolute atomic E-state index is 0.00422. The summed E-state index contributed by atoms with van der Waals surface area (Å²) < 4.78 is 9.94.